The lowest BCUT2D eigenvalue weighted by Gasteiger charge is -2.01. The average molecular weight is 233 g/mol. The summed E-state index contributed by atoms with van der Waals surface area (Å²) in [5.74, 6) is 0. The number of hydrogen-bond donors (Lipinski definition) is 2. The van der Waals surface area contributed by atoms with Gasteiger partial charge in [0.05, 0.1) is 25.0 Å². The van der Waals surface area contributed by atoms with Crippen LogP contribution in [-0.2, 0) is 19.6 Å². The van der Waals surface area contributed by atoms with Gasteiger partial charge in [-0.25, -0.2) is 9.97 Å². The fourth-order valence-electron chi connectivity index (χ4n) is 1.48. The summed E-state index contributed by atoms with van der Waals surface area (Å²) in [5.41, 5.74) is 2.05. The topological polar surface area (TPSA) is 75.9 Å². The summed E-state index contributed by atoms with van der Waals surface area (Å²) >= 11 is 0. The minimum absolute atomic E-state index is 0.107. The lowest BCUT2D eigenvalue weighted by atomic mass is 10.3. The van der Waals surface area contributed by atoms with Crippen LogP contribution in [-0.4, -0.2) is 31.5 Å². The fraction of sp³-hybridized carbons (Fsp3) is 0.364. The first-order valence-corrected chi connectivity index (χ1v) is 5.46. The Hall–Kier alpha value is -1.79. The summed E-state index contributed by atoms with van der Waals surface area (Å²) in [4.78, 5) is 7.98. The van der Waals surface area contributed by atoms with Crippen molar-refractivity contribution in [2.24, 2.45) is 0 Å². The third-order valence-electron chi connectivity index (χ3n) is 2.29. The number of nitrogens with zero attached hydrogens (tertiary/aromatic N) is 4. The normalized spacial score (nSPS) is 10.6. The van der Waals surface area contributed by atoms with Gasteiger partial charge in [0, 0.05) is 31.0 Å². The monoisotopic (exact) mass is 233 g/mol. The average Bonchev–Trinajstić information content (AvgIpc) is 2.79. The SMILES string of the molecule is OCCn1cc(CNCc2ccncn2)cn1. The number of nitrogens with one attached hydrogen (secondary N) is 1. The van der Waals surface area contributed by atoms with Crippen LogP contribution in [0.4, 0.5) is 0 Å². The standard InChI is InChI=1S/C11H15N5O/c17-4-3-16-8-10(6-15-16)5-13-7-11-1-2-12-9-14-11/h1-2,6,8-9,13,17H,3-5,7H2. The van der Waals surface area contributed by atoms with Crippen molar-refractivity contribution < 1.29 is 5.11 Å². The zero-order chi connectivity index (χ0) is 11.9. The van der Waals surface area contributed by atoms with E-state index >= 15 is 0 Å². The molecule has 0 saturated heterocycles. The van der Waals surface area contributed by atoms with Gasteiger partial charge in [0.25, 0.3) is 0 Å². The molecule has 0 atom stereocenters. The summed E-state index contributed by atoms with van der Waals surface area (Å²) in [6.07, 6.45) is 6.98. The van der Waals surface area contributed by atoms with Gasteiger partial charge in [-0.1, -0.05) is 0 Å². The second-order valence-electron chi connectivity index (χ2n) is 3.64. The Kier molecular flexibility index (Phi) is 4.17. The van der Waals surface area contributed by atoms with Crippen LogP contribution in [0, 0.1) is 0 Å². The maximum atomic E-state index is 8.76. The van der Waals surface area contributed by atoms with Crippen LogP contribution in [0.5, 0.6) is 0 Å². The van der Waals surface area contributed by atoms with Gasteiger partial charge >= 0.3 is 0 Å². The summed E-state index contributed by atoms with van der Waals surface area (Å²) < 4.78 is 1.72. The van der Waals surface area contributed by atoms with Crippen LogP contribution in [0.2, 0.25) is 0 Å². The van der Waals surface area contributed by atoms with E-state index in [1.807, 2.05) is 12.3 Å². The molecule has 0 bridgehead atoms. The largest absolute Gasteiger partial charge is 0.394 e. The molecule has 0 aromatic carbocycles. The van der Waals surface area contributed by atoms with Gasteiger partial charge in [0.2, 0.25) is 0 Å². The Morgan fingerprint density at radius 2 is 2.29 bits per heavy atom. The Labute approximate surface area is 99.3 Å². The highest BCUT2D eigenvalue weighted by atomic mass is 16.3. The molecule has 6 heteroatoms. The van der Waals surface area contributed by atoms with Gasteiger partial charge < -0.3 is 10.4 Å². The Bertz CT molecular complexity index is 442. The van der Waals surface area contributed by atoms with Crippen molar-refractivity contribution in [3.63, 3.8) is 0 Å². The summed E-state index contributed by atoms with van der Waals surface area (Å²) in [7, 11) is 0. The molecule has 0 aliphatic rings. The zero-order valence-electron chi connectivity index (χ0n) is 9.45. The van der Waals surface area contributed by atoms with E-state index in [9.17, 15) is 0 Å². The molecule has 2 heterocycles. The van der Waals surface area contributed by atoms with Crippen molar-refractivity contribution in [2.45, 2.75) is 19.6 Å². The molecule has 0 radical (unpaired) electrons. The van der Waals surface area contributed by atoms with Crippen molar-refractivity contribution in [1.29, 1.82) is 0 Å². The number of aromatic nitrogens is 4. The molecule has 2 aromatic heterocycles. The second-order valence-corrected chi connectivity index (χ2v) is 3.64. The highest BCUT2D eigenvalue weighted by Crippen LogP contribution is 1.98. The Morgan fingerprint density at radius 3 is 3.06 bits per heavy atom. The molecule has 2 N–H and O–H groups in total. The molecule has 0 aliphatic heterocycles. The number of hydrogen-bond acceptors (Lipinski definition) is 5. The molecule has 17 heavy (non-hydrogen) atoms. The van der Waals surface area contributed by atoms with Crippen molar-refractivity contribution in [3.8, 4) is 0 Å². The van der Waals surface area contributed by atoms with Crippen molar-refractivity contribution >= 4 is 0 Å². The van der Waals surface area contributed by atoms with E-state index in [1.165, 1.54) is 6.33 Å². The first-order chi connectivity index (χ1) is 8.38. The summed E-state index contributed by atoms with van der Waals surface area (Å²) in [6.45, 7) is 2.07. The number of aliphatic hydroxyl groups excluding tert-OH is 1. The van der Waals surface area contributed by atoms with E-state index in [0.717, 1.165) is 17.8 Å². The minimum Gasteiger partial charge on any atom is -0.394 e. The second kappa shape index (κ2) is 6.07. The molecule has 0 unspecified atom stereocenters. The minimum atomic E-state index is 0.107. The summed E-state index contributed by atoms with van der Waals surface area (Å²) in [6, 6.07) is 1.88. The smallest absolute Gasteiger partial charge is 0.115 e. The zero-order valence-corrected chi connectivity index (χ0v) is 9.45. The molecule has 0 fully saturated rings. The molecule has 0 spiro atoms. The molecule has 2 aromatic rings. The van der Waals surface area contributed by atoms with Gasteiger partial charge in [-0.05, 0) is 6.07 Å². The first-order valence-electron chi connectivity index (χ1n) is 5.46. The fourth-order valence-corrected chi connectivity index (χ4v) is 1.48. The predicted octanol–water partition coefficient (Wildman–Crippen LogP) is -0.0448. The lowest BCUT2D eigenvalue weighted by Crippen LogP contribution is -2.13. The van der Waals surface area contributed by atoms with E-state index in [4.69, 9.17) is 5.11 Å². The summed E-state index contributed by atoms with van der Waals surface area (Å²) in [5, 5.41) is 16.2. The van der Waals surface area contributed by atoms with E-state index in [0.29, 0.717) is 13.1 Å². The van der Waals surface area contributed by atoms with E-state index in [2.05, 4.69) is 20.4 Å². The van der Waals surface area contributed by atoms with Crippen molar-refractivity contribution in [1.82, 2.24) is 25.1 Å². The molecule has 2 rings (SSSR count). The van der Waals surface area contributed by atoms with Crippen molar-refractivity contribution in [3.05, 3.63) is 42.2 Å². The molecular formula is C11H15N5O. The van der Waals surface area contributed by atoms with Crippen molar-refractivity contribution in [2.75, 3.05) is 6.61 Å². The highest BCUT2D eigenvalue weighted by molar-refractivity contribution is 5.04. The molecule has 0 amide bonds. The highest BCUT2D eigenvalue weighted by Gasteiger charge is 1.98. The van der Waals surface area contributed by atoms with E-state index in [1.54, 1.807) is 17.1 Å². The van der Waals surface area contributed by atoms with Crippen LogP contribution >= 0.6 is 0 Å². The van der Waals surface area contributed by atoms with Gasteiger partial charge in [0.15, 0.2) is 0 Å². The predicted molar refractivity (Wildman–Crippen MR) is 61.9 cm³/mol. The van der Waals surface area contributed by atoms with Gasteiger partial charge in [-0.2, -0.15) is 5.10 Å². The number of aliphatic hydroxyl groups is 1. The quantitative estimate of drug-likeness (QED) is 0.732. The van der Waals surface area contributed by atoms with Gasteiger partial charge in [-0.3, -0.25) is 4.68 Å². The van der Waals surface area contributed by atoms with Gasteiger partial charge in [0.1, 0.15) is 6.33 Å². The van der Waals surface area contributed by atoms with Gasteiger partial charge in [-0.15, -0.1) is 0 Å². The van der Waals surface area contributed by atoms with Crippen LogP contribution in [0.3, 0.4) is 0 Å². The number of rotatable bonds is 6. The Morgan fingerprint density at radius 1 is 1.35 bits per heavy atom. The Balaban J connectivity index is 1.78. The molecule has 0 saturated carbocycles. The van der Waals surface area contributed by atoms with E-state index in [-0.39, 0.29) is 6.61 Å². The first kappa shape index (κ1) is 11.7. The van der Waals surface area contributed by atoms with Crippen LogP contribution < -0.4 is 5.32 Å². The molecule has 0 aliphatic carbocycles. The molecule has 6 nitrogen and oxygen atoms in total. The van der Waals surface area contributed by atoms with Crippen LogP contribution in [0.15, 0.2) is 31.0 Å². The maximum Gasteiger partial charge on any atom is 0.115 e. The van der Waals surface area contributed by atoms with Crippen LogP contribution in [0.25, 0.3) is 0 Å². The van der Waals surface area contributed by atoms with Crippen LogP contribution in [0.1, 0.15) is 11.3 Å². The lowest BCUT2D eigenvalue weighted by molar-refractivity contribution is 0.269. The third kappa shape index (κ3) is 3.61. The van der Waals surface area contributed by atoms with E-state index < -0.39 is 0 Å². The third-order valence-corrected chi connectivity index (χ3v) is 2.29. The maximum absolute atomic E-state index is 8.76. The molecule has 90 valence electrons. The molecular weight excluding hydrogens is 218 g/mol.